The first-order chi connectivity index (χ1) is 9.42. The molecule has 9 heteroatoms. The summed E-state index contributed by atoms with van der Waals surface area (Å²) in [6.07, 6.45) is 1.23. The lowest BCUT2D eigenvalue weighted by atomic mass is 10.4. The van der Waals surface area contributed by atoms with Crippen molar-refractivity contribution in [3.05, 3.63) is 34.8 Å². The molecule has 0 unspecified atom stereocenters. The average molecular weight is 317 g/mol. The number of hydrogen-bond acceptors (Lipinski definition) is 6. The van der Waals surface area contributed by atoms with Crippen LogP contribution in [0.15, 0.2) is 27.7 Å². The van der Waals surface area contributed by atoms with E-state index in [1.165, 1.54) is 12.3 Å². The number of nitrogens with one attached hydrogen (secondary N) is 2. The molecular formula is C11H13ClN4O3S. The molecule has 0 aliphatic rings. The van der Waals surface area contributed by atoms with Gasteiger partial charge in [-0.2, -0.15) is 0 Å². The zero-order chi connectivity index (χ0) is 14.8. The molecule has 0 saturated heterocycles. The van der Waals surface area contributed by atoms with E-state index in [0.29, 0.717) is 17.3 Å². The standard InChI is InChI=1S/C11H13ClN4O3S/c1-7-3-8(19-16-7)5-15-20(17,18)9-4-10(12)11(13-2)14-6-9/h3-4,6,15H,5H2,1-2H3,(H,13,14). The lowest BCUT2D eigenvalue weighted by Gasteiger charge is -2.07. The summed E-state index contributed by atoms with van der Waals surface area (Å²) >= 11 is 5.91. The van der Waals surface area contributed by atoms with Crippen molar-refractivity contribution in [2.75, 3.05) is 12.4 Å². The third-order valence-electron chi connectivity index (χ3n) is 2.48. The number of aromatic nitrogens is 2. The maximum atomic E-state index is 12.1. The molecule has 0 spiro atoms. The molecule has 2 aromatic heterocycles. The van der Waals surface area contributed by atoms with Gasteiger partial charge in [-0.15, -0.1) is 0 Å². The fourth-order valence-electron chi connectivity index (χ4n) is 1.50. The molecule has 0 atom stereocenters. The van der Waals surface area contributed by atoms with Crippen LogP contribution in [0.5, 0.6) is 0 Å². The first-order valence-corrected chi connectivity index (χ1v) is 7.53. The fraction of sp³-hybridized carbons (Fsp3) is 0.273. The SMILES string of the molecule is CNc1ncc(S(=O)(=O)NCc2cc(C)no2)cc1Cl. The van der Waals surface area contributed by atoms with E-state index in [1.807, 2.05) is 0 Å². The van der Waals surface area contributed by atoms with Crippen molar-refractivity contribution < 1.29 is 12.9 Å². The molecule has 2 aromatic rings. The Kier molecular flexibility index (Phi) is 4.26. The predicted octanol–water partition coefficient (Wildman–Crippen LogP) is 1.55. The van der Waals surface area contributed by atoms with Crippen LogP contribution in [0.3, 0.4) is 0 Å². The summed E-state index contributed by atoms with van der Waals surface area (Å²) in [4.78, 5) is 3.91. The van der Waals surface area contributed by atoms with Gasteiger partial charge >= 0.3 is 0 Å². The highest BCUT2D eigenvalue weighted by Gasteiger charge is 2.17. The summed E-state index contributed by atoms with van der Waals surface area (Å²) in [6, 6.07) is 2.98. The lowest BCUT2D eigenvalue weighted by Crippen LogP contribution is -2.23. The van der Waals surface area contributed by atoms with Gasteiger partial charge in [0.15, 0.2) is 5.76 Å². The molecule has 0 radical (unpaired) electrons. The number of anilines is 1. The molecule has 0 aromatic carbocycles. The molecule has 2 rings (SSSR count). The van der Waals surface area contributed by atoms with Gasteiger partial charge in [0.25, 0.3) is 0 Å². The Morgan fingerprint density at radius 3 is 2.70 bits per heavy atom. The summed E-state index contributed by atoms with van der Waals surface area (Å²) in [6.45, 7) is 1.76. The van der Waals surface area contributed by atoms with E-state index in [4.69, 9.17) is 16.1 Å². The second-order valence-electron chi connectivity index (χ2n) is 4.01. The average Bonchev–Trinajstić information content (AvgIpc) is 2.82. The molecule has 2 N–H and O–H groups in total. The maximum Gasteiger partial charge on any atom is 0.242 e. The van der Waals surface area contributed by atoms with E-state index in [1.54, 1.807) is 20.0 Å². The number of pyridine rings is 1. The molecule has 0 saturated carbocycles. The third-order valence-corrected chi connectivity index (χ3v) is 4.13. The number of rotatable bonds is 5. The van der Waals surface area contributed by atoms with E-state index >= 15 is 0 Å². The van der Waals surface area contributed by atoms with Gasteiger partial charge in [-0.1, -0.05) is 16.8 Å². The molecule has 108 valence electrons. The number of aryl methyl sites for hydroxylation is 1. The summed E-state index contributed by atoms with van der Waals surface area (Å²) in [7, 11) is -2.06. The normalized spacial score (nSPS) is 11.6. The number of nitrogens with zero attached hydrogens (tertiary/aromatic N) is 2. The molecular weight excluding hydrogens is 304 g/mol. The fourth-order valence-corrected chi connectivity index (χ4v) is 2.79. The van der Waals surface area contributed by atoms with E-state index in [0.717, 1.165) is 0 Å². The number of halogens is 1. The third kappa shape index (κ3) is 3.27. The Balaban J connectivity index is 2.15. The summed E-state index contributed by atoms with van der Waals surface area (Å²) in [5.74, 6) is 0.841. The van der Waals surface area contributed by atoms with Crippen molar-refractivity contribution in [3.8, 4) is 0 Å². The Bertz CT molecular complexity index is 714. The van der Waals surface area contributed by atoms with Crippen LogP contribution in [0.2, 0.25) is 5.02 Å². The van der Waals surface area contributed by atoms with E-state index < -0.39 is 10.0 Å². The maximum absolute atomic E-state index is 12.1. The van der Waals surface area contributed by atoms with E-state index in [2.05, 4.69) is 20.2 Å². The van der Waals surface area contributed by atoms with Gasteiger partial charge in [-0.25, -0.2) is 18.1 Å². The van der Waals surface area contributed by atoms with E-state index in [9.17, 15) is 8.42 Å². The number of hydrogen-bond donors (Lipinski definition) is 2. The number of sulfonamides is 1. The van der Waals surface area contributed by atoms with Crippen molar-refractivity contribution in [2.24, 2.45) is 0 Å². The molecule has 0 bridgehead atoms. The Morgan fingerprint density at radius 2 is 2.15 bits per heavy atom. The van der Waals surface area contributed by atoms with Gasteiger partial charge < -0.3 is 9.84 Å². The van der Waals surface area contributed by atoms with Crippen molar-refractivity contribution in [2.45, 2.75) is 18.4 Å². The van der Waals surface area contributed by atoms with Gasteiger partial charge in [0.2, 0.25) is 10.0 Å². The second kappa shape index (κ2) is 5.78. The van der Waals surface area contributed by atoms with Gasteiger partial charge in [0, 0.05) is 19.3 Å². The molecule has 0 aliphatic carbocycles. The molecule has 20 heavy (non-hydrogen) atoms. The summed E-state index contributed by atoms with van der Waals surface area (Å²) < 4.78 is 31.5. The van der Waals surface area contributed by atoms with Crippen molar-refractivity contribution >= 4 is 27.4 Å². The van der Waals surface area contributed by atoms with Crippen LogP contribution in [-0.4, -0.2) is 25.6 Å². The molecule has 2 heterocycles. The minimum Gasteiger partial charge on any atom is -0.372 e. The second-order valence-corrected chi connectivity index (χ2v) is 6.18. The van der Waals surface area contributed by atoms with Crippen molar-refractivity contribution in [3.63, 3.8) is 0 Å². The topological polar surface area (TPSA) is 97.1 Å². The highest BCUT2D eigenvalue weighted by atomic mass is 35.5. The first kappa shape index (κ1) is 14.8. The summed E-state index contributed by atoms with van der Waals surface area (Å²) in [5.41, 5.74) is 0.683. The quantitative estimate of drug-likeness (QED) is 0.868. The monoisotopic (exact) mass is 316 g/mol. The van der Waals surface area contributed by atoms with Gasteiger partial charge in [-0.3, -0.25) is 0 Å². The smallest absolute Gasteiger partial charge is 0.242 e. The highest BCUT2D eigenvalue weighted by Crippen LogP contribution is 2.21. The molecule has 0 fully saturated rings. The largest absolute Gasteiger partial charge is 0.372 e. The van der Waals surface area contributed by atoms with Crippen LogP contribution < -0.4 is 10.0 Å². The predicted molar refractivity (Wildman–Crippen MR) is 74.1 cm³/mol. The van der Waals surface area contributed by atoms with Gasteiger partial charge in [-0.05, 0) is 13.0 Å². The Labute approximate surface area is 121 Å². The van der Waals surface area contributed by atoms with Crippen molar-refractivity contribution in [1.29, 1.82) is 0 Å². The van der Waals surface area contributed by atoms with E-state index in [-0.39, 0.29) is 16.5 Å². The van der Waals surface area contributed by atoms with Crippen LogP contribution in [0.1, 0.15) is 11.5 Å². The summed E-state index contributed by atoms with van der Waals surface area (Å²) in [5, 5.41) is 6.66. The Morgan fingerprint density at radius 1 is 1.40 bits per heavy atom. The highest BCUT2D eigenvalue weighted by molar-refractivity contribution is 7.89. The zero-order valence-electron chi connectivity index (χ0n) is 10.8. The van der Waals surface area contributed by atoms with Crippen LogP contribution in [-0.2, 0) is 16.6 Å². The van der Waals surface area contributed by atoms with Crippen LogP contribution >= 0.6 is 11.6 Å². The first-order valence-electron chi connectivity index (χ1n) is 5.67. The molecule has 7 nitrogen and oxygen atoms in total. The minimum atomic E-state index is -3.71. The van der Waals surface area contributed by atoms with Gasteiger partial charge in [0.05, 0.1) is 17.3 Å². The zero-order valence-corrected chi connectivity index (χ0v) is 12.4. The Hall–Kier alpha value is -1.64. The van der Waals surface area contributed by atoms with Crippen LogP contribution in [0, 0.1) is 6.92 Å². The van der Waals surface area contributed by atoms with Gasteiger partial charge in [0.1, 0.15) is 10.7 Å². The van der Waals surface area contributed by atoms with Crippen LogP contribution in [0.4, 0.5) is 5.82 Å². The van der Waals surface area contributed by atoms with Crippen molar-refractivity contribution in [1.82, 2.24) is 14.9 Å². The molecule has 0 amide bonds. The minimum absolute atomic E-state index is 0.00850. The van der Waals surface area contributed by atoms with Crippen LogP contribution in [0.25, 0.3) is 0 Å². The molecule has 0 aliphatic heterocycles. The lowest BCUT2D eigenvalue weighted by molar-refractivity contribution is 0.377.